The number of aromatic carboxylic acids is 1. The molecule has 0 heterocycles. The van der Waals surface area contributed by atoms with Gasteiger partial charge in [-0.05, 0) is 6.07 Å². The Morgan fingerprint density at radius 3 is 2.53 bits per heavy atom. The first-order chi connectivity index (χ1) is 6.90. The van der Waals surface area contributed by atoms with Crippen molar-refractivity contribution >= 4 is 5.97 Å². The Hall–Kier alpha value is -1.77. The van der Waals surface area contributed by atoms with Crippen LogP contribution in [0.25, 0.3) is 0 Å². The van der Waals surface area contributed by atoms with Crippen molar-refractivity contribution in [1.29, 1.82) is 0 Å². The van der Waals surface area contributed by atoms with Crippen molar-refractivity contribution in [3.63, 3.8) is 0 Å². The second-order valence-electron chi connectivity index (χ2n) is 3.93. The van der Waals surface area contributed by atoms with Crippen LogP contribution >= 0.6 is 0 Å². The lowest BCUT2D eigenvalue weighted by atomic mass is 9.83. The third kappa shape index (κ3) is 2.01. The van der Waals surface area contributed by atoms with Crippen LogP contribution in [0.1, 0.15) is 29.8 Å². The molecule has 0 unspecified atom stereocenters. The molecule has 1 rings (SSSR count). The molecule has 0 fully saturated rings. The normalized spacial score (nSPS) is 11.1. The predicted octanol–water partition coefficient (Wildman–Crippen LogP) is 2.55. The van der Waals surface area contributed by atoms with Crippen LogP contribution in [0.4, 0.5) is 0 Å². The lowest BCUT2D eigenvalue weighted by molar-refractivity contribution is 0.0693. The standard InChI is InChI=1S/C12H14O3/c1-4-12(2,3)9-7-5-6-8(10(9)13)11(14)15/h4-7,13H,1H2,2-3H3,(H,14,15). The lowest BCUT2D eigenvalue weighted by Gasteiger charge is -2.22. The number of phenols is 1. The average Bonchev–Trinajstić information content (AvgIpc) is 2.17. The number of hydrogen-bond donors (Lipinski definition) is 2. The molecule has 1 aromatic carbocycles. The van der Waals surface area contributed by atoms with E-state index in [1.807, 2.05) is 13.8 Å². The van der Waals surface area contributed by atoms with Gasteiger partial charge in [-0.1, -0.05) is 32.1 Å². The molecule has 15 heavy (non-hydrogen) atoms. The van der Waals surface area contributed by atoms with Gasteiger partial charge in [0.15, 0.2) is 0 Å². The maximum atomic E-state index is 10.8. The lowest BCUT2D eigenvalue weighted by Crippen LogP contribution is -2.14. The van der Waals surface area contributed by atoms with Crippen LogP contribution in [-0.4, -0.2) is 16.2 Å². The Morgan fingerprint density at radius 1 is 1.47 bits per heavy atom. The van der Waals surface area contributed by atoms with Crippen molar-refractivity contribution in [1.82, 2.24) is 0 Å². The topological polar surface area (TPSA) is 57.5 Å². The smallest absolute Gasteiger partial charge is 0.339 e. The van der Waals surface area contributed by atoms with Gasteiger partial charge in [-0.3, -0.25) is 0 Å². The minimum atomic E-state index is -1.13. The van der Waals surface area contributed by atoms with Crippen molar-refractivity contribution in [3.05, 3.63) is 42.0 Å². The minimum Gasteiger partial charge on any atom is -0.507 e. The molecule has 1 aromatic rings. The van der Waals surface area contributed by atoms with Gasteiger partial charge in [-0.25, -0.2) is 4.79 Å². The Bertz CT molecular complexity index is 405. The number of benzene rings is 1. The van der Waals surface area contributed by atoms with Gasteiger partial charge >= 0.3 is 5.97 Å². The molecule has 0 amide bonds. The SMILES string of the molecule is C=CC(C)(C)c1cccc(C(=O)O)c1O. The molecular formula is C12H14O3. The number of para-hydroxylation sites is 1. The van der Waals surface area contributed by atoms with E-state index in [2.05, 4.69) is 6.58 Å². The summed E-state index contributed by atoms with van der Waals surface area (Å²) in [5, 5.41) is 18.6. The van der Waals surface area contributed by atoms with E-state index in [1.165, 1.54) is 6.07 Å². The fourth-order valence-corrected chi connectivity index (χ4v) is 1.35. The molecule has 2 N–H and O–H groups in total. The van der Waals surface area contributed by atoms with Crippen molar-refractivity contribution < 1.29 is 15.0 Å². The number of carbonyl (C=O) groups is 1. The Balaban J connectivity index is 3.39. The maximum absolute atomic E-state index is 10.8. The second-order valence-corrected chi connectivity index (χ2v) is 3.93. The first-order valence-electron chi connectivity index (χ1n) is 4.59. The molecule has 80 valence electrons. The summed E-state index contributed by atoms with van der Waals surface area (Å²) >= 11 is 0. The number of hydrogen-bond acceptors (Lipinski definition) is 2. The Labute approximate surface area is 88.7 Å². The van der Waals surface area contributed by atoms with Crippen LogP contribution in [0.3, 0.4) is 0 Å². The monoisotopic (exact) mass is 206 g/mol. The molecule has 0 aliphatic heterocycles. The Morgan fingerprint density at radius 2 is 2.07 bits per heavy atom. The van der Waals surface area contributed by atoms with Gasteiger partial charge in [-0.15, -0.1) is 6.58 Å². The molecule has 0 saturated heterocycles. The summed E-state index contributed by atoms with van der Waals surface area (Å²) in [6, 6.07) is 4.69. The molecule has 0 bridgehead atoms. The maximum Gasteiger partial charge on any atom is 0.339 e. The van der Waals surface area contributed by atoms with E-state index in [4.69, 9.17) is 5.11 Å². The highest BCUT2D eigenvalue weighted by Crippen LogP contribution is 2.33. The van der Waals surface area contributed by atoms with Crippen molar-refractivity contribution in [2.24, 2.45) is 0 Å². The van der Waals surface area contributed by atoms with Crippen molar-refractivity contribution in [3.8, 4) is 5.75 Å². The molecule has 0 spiro atoms. The van der Waals surface area contributed by atoms with Gasteiger partial charge in [0.2, 0.25) is 0 Å². The van der Waals surface area contributed by atoms with Gasteiger partial charge in [0.05, 0.1) is 0 Å². The predicted molar refractivity (Wildman–Crippen MR) is 58.3 cm³/mol. The van der Waals surface area contributed by atoms with E-state index in [0.717, 1.165) is 0 Å². The third-order valence-corrected chi connectivity index (χ3v) is 2.47. The molecule has 0 radical (unpaired) electrons. The number of aromatic hydroxyl groups is 1. The summed E-state index contributed by atoms with van der Waals surface area (Å²) in [6.45, 7) is 7.39. The van der Waals surface area contributed by atoms with Gasteiger partial charge in [0.1, 0.15) is 11.3 Å². The zero-order chi connectivity index (χ0) is 11.6. The zero-order valence-corrected chi connectivity index (χ0v) is 8.82. The first-order valence-corrected chi connectivity index (χ1v) is 4.59. The van der Waals surface area contributed by atoms with Gasteiger partial charge < -0.3 is 10.2 Å². The largest absolute Gasteiger partial charge is 0.507 e. The number of allylic oxidation sites excluding steroid dienone is 1. The van der Waals surface area contributed by atoms with Crippen LogP contribution in [0, 0.1) is 0 Å². The molecule has 0 saturated carbocycles. The van der Waals surface area contributed by atoms with Crippen LogP contribution < -0.4 is 0 Å². The van der Waals surface area contributed by atoms with E-state index in [1.54, 1.807) is 18.2 Å². The summed E-state index contributed by atoms with van der Waals surface area (Å²) in [4.78, 5) is 10.8. The fraction of sp³-hybridized carbons (Fsp3) is 0.250. The molecule has 0 aromatic heterocycles. The van der Waals surface area contributed by atoms with Crippen LogP contribution in [0.15, 0.2) is 30.9 Å². The molecule has 0 aliphatic carbocycles. The summed E-state index contributed by atoms with van der Waals surface area (Å²) in [6.07, 6.45) is 1.67. The highest BCUT2D eigenvalue weighted by atomic mass is 16.4. The molecule has 3 heteroatoms. The van der Waals surface area contributed by atoms with Crippen molar-refractivity contribution in [2.45, 2.75) is 19.3 Å². The van der Waals surface area contributed by atoms with Gasteiger partial charge in [0, 0.05) is 11.0 Å². The van der Waals surface area contributed by atoms with Crippen LogP contribution in [0.2, 0.25) is 0 Å². The minimum absolute atomic E-state index is 0.0811. The van der Waals surface area contributed by atoms with Crippen LogP contribution in [-0.2, 0) is 5.41 Å². The van der Waals surface area contributed by atoms with E-state index in [-0.39, 0.29) is 11.3 Å². The first kappa shape index (κ1) is 11.3. The molecular weight excluding hydrogens is 192 g/mol. The second kappa shape index (κ2) is 3.77. The van der Waals surface area contributed by atoms with E-state index in [0.29, 0.717) is 5.56 Å². The third-order valence-electron chi connectivity index (χ3n) is 2.47. The number of carboxylic acid groups (broad SMARTS) is 1. The quantitative estimate of drug-likeness (QED) is 0.747. The summed E-state index contributed by atoms with van der Waals surface area (Å²) in [5.41, 5.74) is 0.0371. The van der Waals surface area contributed by atoms with Gasteiger partial charge in [-0.2, -0.15) is 0 Å². The van der Waals surface area contributed by atoms with E-state index >= 15 is 0 Å². The average molecular weight is 206 g/mol. The van der Waals surface area contributed by atoms with E-state index < -0.39 is 11.4 Å². The molecule has 0 aliphatic rings. The Kier molecular flexibility index (Phi) is 2.84. The highest BCUT2D eigenvalue weighted by Gasteiger charge is 2.23. The number of rotatable bonds is 3. The van der Waals surface area contributed by atoms with E-state index in [9.17, 15) is 9.90 Å². The summed E-state index contributed by atoms with van der Waals surface area (Å²) < 4.78 is 0. The highest BCUT2D eigenvalue weighted by molar-refractivity contribution is 5.91. The summed E-state index contributed by atoms with van der Waals surface area (Å²) in [7, 11) is 0. The molecule has 3 nitrogen and oxygen atoms in total. The fourth-order valence-electron chi connectivity index (χ4n) is 1.35. The number of carboxylic acids is 1. The summed E-state index contributed by atoms with van der Waals surface area (Å²) in [5.74, 6) is -1.32. The zero-order valence-electron chi connectivity index (χ0n) is 8.82. The van der Waals surface area contributed by atoms with Crippen LogP contribution in [0.5, 0.6) is 5.75 Å². The van der Waals surface area contributed by atoms with Crippen molar-refractivity contribution in [2.75, 3.05) is 0 Å². The molecule has 0 atom stereocenters. The van der Waals surface area contributed by atoms with Gasteiger partial charge in [0.25, 0.3) is 0 Å².